The first-order valence-electron chi connectivity index (χ1n) is 5.99. The molecule has 2 aromatic rings. The van der Waals surface area contributed by atoms with Gasteiger partial charge in [-0.15, -0.1) is 0 Å². The molecule has 0 saturated heterocycles. The van der Waals surface area contributed by atoms with Crippen molar-refractivity contribution in [2.75, 3.05) is 6.54 Å². The number of benzene rings is 1. The third-order valence-corrected chi connectivity index (χ3v) is 5.18. The Bertz CT molecular complexity index is 671. The van der Waals surface area contributed by atoms with Gasteiger partial charge in [0.15, 0.2) is 0 Å². The highest BCUT2D eigenvalue weighted by Gasteiger charge is 2.17. The van der Waals surface area contributed by atoms with Crippen molar-refractivity contribution >= 4 is 26.0 Å². The van der Waals surface area contributed by atoms with Crippen molar-refractivity contribution < 1.29 is 8.42 Å². The molecule has 0 unspecified atom stereocenters. The average molecular weight is 359 g/mol. The van der Waals surface area contributed by atoms with Crippen LogP contribution in [0.4, 0.5) is 0 Å². The first kappa shape index (κ1) is 15.2. The molecule has 0 saturated carbocycles. The van der Waals surface area contributed by atoms with E-state index in [-0.39, 0.29) is 11.4 Å². The monoisotopic (exact) mass is 358 g/mol. The Balaban J connectivity index is 2.09. The highest BCUT2D eigenvalue weighted by atomic mass is 79.9. The smallest absolute Gasteiger partial charge is 0.241 e. The lowest BCUT2D eigenvalue weighted by molar-refractivity contribution is 0.580. The van der Waals surface area contributed by atoms with Gasteiger partial charge in [-0.25, -0.2) is 18.1 Å². The summed E-state index contributed by atoms with van der Waals surface area (Å²) < 4.78 is 27.5. The van der Waals surface area contributed by atoms with E-state index in [1.165, 1.54) is 0 Å². The summed E-state index contributed by atoms with van der Waals surface area (Å²) in [6, 6.07) is 5.04. The van der Waals surface area contributed by atoms with E-state index in [1.807, 2.05) is 0 Å². The molecule has 0 spiro atoms. The van der Waals surface area contributed by atoms with Crippen molar-refractivity contribution in [2.24, 2.45) is 5.73 Å². The minimum absolute atomic E-state index is 0.194. The van der Waals surface area contributed by atoms with Crippen molar-refractivity contribution in [2.45, 2.75) is 17.9 Å². The Labute approximate surface area is 126 Å². The molecule has 8 heteroatoms. The van der Waals surface area contributed by atoms with Crippen molar-refractivity contribution in [1.29, 1.82) is 0 Å². The van der Waals surface area contributed by atoms with Crippen LogP contribution >= 0.6 is 15.9 Å². The van der Waals surface area contributed by atoms with E-state index in [1.54, 1.807) is 30.6 Å². The SMILES string of the molecule is NCc1ccc(Br)c(S(=O)(=O)NCCc2ncc[nH]2)c1. The summed E-state index contributed by atoms with van der Waals surface area (Å²) in [5.41, 5.74) is 6.30. The molecule has 108 valence electrons. The van der Waals surface area contributed by atoms with E-state index in [4.69, 9.17) is 5.73 Å². The molecular weight excluding hydrogens is 344 g/mol. The Morgan fingerprint density at radius 2 is 2.20 bits per heavy atom. The van der Waals surface area contributed by atoms with Crippen molar-refractivity contribution in [1.82, 2.24) is 14.7 Å². The first-order chi connectivity index (χ1) is 9.53. The highest BCUT2D eigenvalue weighted by molar-refractivity contribution is 9.10. The number of imidazole rings is 1. The summed E-state index contributed by atoms with van der Waals surface area (Å²) in [4.78, 5) is 7.15. The fraction of sp³-hybridized carbons (Fsp3) is 0.250. The molecule has 0 bridgehead atoms. The number of hydrogen-bond acceptors (Lipinski definition) is 4. The van der Waals surface area contributed by atoms with E-state index in [2.05, 4.69) is 30.6 Å². The number of aromatic amines is 1. The average Bonchev–Trinajstić information content (AvgIpc) is 2.92. The van der Waals surface area contributed by atoms with Crippen LogP contribution in [0, 0.1) is 0 Å². The molecule has 20 heavy (non-hydrogen) atoms. The van der Waals surface area contributed by atoms with Crippen LogP contribution in [0.15, 0.2) is 40.0 Å². The summed E-state index contributed by atoms with van der Waals surface area (Å²) in [5.74, 6) is 0.738. The fourth-order valence-electron chi connectivity index (χ4n) is 1.70. The minimum atomic E-state index is -3.57. The van der Waals surface area contributed by atoms with Crippen molar-refractivity contribution in [3.63, 3.8) is 0 Å². The standard InChI is InChI=1S/C12H15BrN4O2S/c13-10-2-1-9(8-14)7-11(10)20(18,19)17-4-3-12-15-5-6-16-12/h1-2,5-7,17H,3-4,8,14H2,(H,15,16). The van der Waals surface area contributed by atoms with Gasteiger partial charge in [0, 0.05) is 36.4 Å². The first-order valence-corrected chi connectivity index (χ1v) is 8.27. The van der Waals surface area contributed by atoms with Gasteiger partial charge in [0.2, 0.25) is 10.0 Å². The molecule has 2 rings (SSSR count). The lowest BCUT2D eigenvalue weighted by Crippen LogP contribution is -2.26. The third-order valence-electron chi connectivity index (χ3n) is 2.73. The van der Waals surface area contributed by atoms with Gasteiger partial charge in [0.25, 0.3) is 0 Å². The lowest BCUT2D eigenvalue weighted by Gasteiger charge is -2.09. The predicted octanol–water partition coefficient (Wildman–Crippen LogP) is 1.15. The quantitative estimate of drug-likeness (QED) is 0.720. The number of rotatable bonds is 6. The number of hydrogen-bond donors (Lipinski definition) is 3. The Morgan fingerprint density at radius 3 is 2.85 bits per heavy atom. The molecule has 4 N–H and O–H groups in total. The Hall–Kier alpha value is -1.22. The zero-order chi connectivity index (χ0) is 14.6. The van der Waals surface area contributed by atoms with E-state index in [0.717, 1.165) is 11.4 Å². The maximum Gasteiger partial charge on any atom is 0.241 e. The fourth-order valence-corrected chi connectivity index (χ4v) is 3.74. The van der Waals surface area contributed by atoms with Crippen LogP contribution in [0.3, 0.4) is 0 Å². The molecule has 6 nitrogen and oxygen atoms in total. The highest BCUT2D eigenvalue weighted by Crippen LogP contribution is 2.22. The van der Waals surface area contributed by atoms with E-state index in [9.17, 15) is 8.42 Å². The zero-order valence-corrected chi connectivity index (χ0v) is 13.0. The van der Waals surface area contributed by atoms with Gasteiger partial charge in [-0.2, -0.15) is 0 Å². The molecule has 0 aliphatic carbocycles. The zero-order valence-electron chi connectivity index (χ0n) is 10.6. The topological polar surface area (TPSA) is 101 Å². The third kappa shape index (κ3) is 3.66. The maximum absolute atomic E-state index is 12.2. The van der Waals surface area contributed by atoms with Crippen LogP contribution in [-0.2, 0) is 23.0 Å². The van der Waals surface area contributed by atoms with Gasteiger partial charge in [-0.05, 0) is 33.6 Å². The Kier molecular flexibility index (Phi) is 4.92. The van der Waals surface area contributed by atoms with Crippen molar-refractivity contribution in [3.05, 3.63) is 46.5 Å². The van der Waals surface area contributed by atoms with E-state index >= 15 is 0 Å². The number of nitrogens with two attached hydrogens (primary N) is 1. The van der Waals surface area contributed by atoms with E-state index < -0.39 is 10.0 Å². The number of nitrogens with one attached hydrogen (secondary N) is 2. The number of nitrogens with zero attached hydrogens (tertiary/aromatic N) is 1. The molecule has 0 fully saturated rings. The largest absolute Gasteiger partial charge is 0.349 e. The normalized spacial score (nSPS) is 11.7. The second-order valence-corrected chi connectivity index (χ2v) is 6.74. The van der Waals surface area contributed by atoms with Crippen molar-refractivity contribution in [3.8, 4) is 0 Å². The number of H-pyrrole nitrogens is 1. The summed E-state index contributed by atoms with van der Waals surface area (Å²) in [6.07, 6.45) is 3.83. The molecule has 0 amide bonds. The van der Waals surface area contributed by atoms with Crippen LogP contribution in [0.25, 0.3) is 0 Å². The molecule has 1 aromatic carbocycles. The molecule has 0 radical (unpaired) electrons. The lowest BCUT2D eigenvalue weighted by atomic mass is 10.2. The molecule has 0 atom stereocenters. The van der Waals surface area contributed by atoms with Crippen LogP contribution < -0.4 is 10.5 Å². The Morgan fingerprint density at radius 1 is 1.40 bits per heavy atom. The summed E-state index contributed by atoms with van der Waals surface area (Å²) in [7, 11) is -3.57. The van der Waals surface area contributed by atoms with Crippen LogP contribution in [-0.4, -0.2) is 24.9 Å². The second kappa shape index (κ2) is 6.49. The van der Waals surface area contributed by atoms with Gasteiger partial charge in [-0.3, -0.25) is 0 Å². The minimum Gasteiger partial charge on any atom is -0.349 e. The summed E-state index contributed by atoms with van der Waals surface area (Å²) in [5, 5.41) is 0. The maximum atomic E-state index is 12.2. The second-order valence-electron chi connectivity index (χ2n) is 4.15. The van der Waals surface area contributed by atoms with Gasteiger partial charge in [0.1, 0.15) is 5.82 Å². The van der Waals surface area contributed by atoms with Crippen LogP contribution in [0.5, 0.6) is 0 Å². The number of sulfonamides is 1. The van der Waals surface area contributed by atoms with Crippen LogP contribution in [0.1, 0.15) is 11.4 Å². The number of halogens is 1. The predicted molar refractivity (Wildman–Crippen MR) is 79.5 cm³/mol. The molecule has 1 heterocycles. The molecule has 1 aromatic heterocycles. The van der Waals surface area contributed by atoms with Gasteiger partial charge < -0.3 is 10.7 Å². The summed E-state index contributed by atoms with van der Waals surface area (Å²) in [6.45, 7) is 0.567. The van der Waals surface area contributed by atoms with E-state index in [0.29, 0.717) is 17.4 Å². The molecular formula is C12H15BrN4O2S. The molecule has 0 aliphatic rings. The summed E-state index contributed by atoms with van der Waals surface area (Å²) >= 11 is 3.25. The van der Waals surface area contributed by atoms with Gasteiger partial charge in [-0.1, -0.05) is 6.07 Å². The van der Waals surface area contributed by atoms with Crippen LogP contribution in [0.2, 0.25) is 0 Å². The molecule has 0 aliphatic heterocycles. The van der Waals surface area contributed by atoms with Gasteiger partial charge >= 0.3 is 0 Å². The van der Waals surface area contributed by atoms with Gasteiger partial charge in [0.05, 0.1) is 4.90 Å². The number of aromatic nitrogens is 2.